The molecule has 2 rings (SSSR count). The highest BCUT2D eigenvalue weighted by molar-refractivity contribution is 7.86. The molecule has 20 heavy (non-hydrogen) atoms. The molecule has 2 aromatic rings. The monoisotopic (exact) mass is 330 g/mol. The van der Waals surface area contributed by atoms with Crippen LogP contribution in [-0.4, -0.2) is 8.42 Å². The molecule has 0 fully saturated rings. The van der Waals surface area contributed by atoms with Gasteiger partial charge in [-0.05, 0) is 36.8 Å². The van der Waals surface area contributed by atoms with Gasteiger partial charge in [-0.3, -0.25) is 0 Å². The summed E-state index contributed by atoms with van der Waals surface area (Å²) in [5, 5.41) is 0.696. The van der Waals surface area contributed by atoms with Crippen molar-refractivity contribution in [2.45, 2.75) is 12.7 Å². The Hall–Kier alpha value is -1.23. The number of halogens is 2. The summed E-state index contributed by atoms with van der Waals surface area (Å²) < 4.78 is 28.9. The lowest BCUT2D eigenvalue weighted by Crippen LogP contribution is -2.12. The molecule has 0 aromatic heterocycles. The minimum absolute atomic E-state index is 0.266. The van der Waals surface area contributed by atoms with E-state index in [1.807, 2.05) is 6.92 Å². The predicted octanol–water partition coefficient (Wildman–Crippen LogP) is 4.21. The zero-order valence-electron chi connectivity index (χ0n) is 10.6. The maximum absolute atomic E-state index is 12.0. The van der Waals surface area contributed by atoms with Gasteiger partial charge in [0.1, 0.15) is 11.5 Å². The van der Waals surface area contributed by atoms with Crippen LogP contribution in [0.25, 0.3) is 0 Å². The Morgan fingerprint density at radius 1 is 1.00 bits per heavy atom. The molecular weight excluding hydrogens is 319 g/mol. The van der Waals surface area contributed by atoms with E-state index in [4.69, 9.17) is 27.4 Å². The first-order chi connectivity index (χ1) is 9.35. The Bertz CT molecular complexity index is 710. The van der Waals surface area contributed by atoms with Gasteiger partial charge in [-0.2, -0.15) is 8.42 Å². The van der Waals surface area contributed by atoms with E-state index in [0.29, 0.717) is 15.6 Å². The molecule has 0 atom stereocenters. The maximum Gasteiger partial charge on any atom is 0.313 e. The first-order valence-electron chi connectivity index (χ1n) is 5.78. The van der Waals surface area contributed by atoms with E-state index in [-0.39, 0.29) is 11.5 Å². The number of hydrogen-bond donors (Lipinski definition) is 0. The van der Waals surface area contributed by atoms with Crippen molar-refractivity contribution in [2.75, 3.05) is 0 Å². The van der Waals surface area contributed by atoms with Crippen molar-refractivity contribution in [1.29, 1.82) is 0 Å². The fourth-order valence-electron chi connectivity index (χ4n) is 1.60. The van der Waals surface area contributed by atoms with Gasteiger partial charge in [-0.15, -0.1) is 0 Å². The number of benzene rings is 2. The van der Waals surface area contributed by atoms with Gasteiger partial charge in [0.05, 0.1) is 10.0 Å². The SMILES string of the molecule is Cc1ccc(OS(=O)(=O)Cc2ccc(Cl)c(Cl)c2)cc1. The first kappa shape index (κ1) is 15.2. The Morgan fingerprint density at radius 3 is 2.25 bits per heavy atom. The van der Waals surface area contributed by atoms with E-state index in [1.54, 1.807) is 36.4 Å². The molecule has 0 heterocycles. The molecule has 0 N–H and O–H groups in total. The molecule has 0 spiro atoms. The van der Waals surface area contributed by atoms with Crippen molar-refractivity contribution in [1.82, 2.24) is 0 Å². The fourth-order valence-corrected chi connectivity index (χ4v) is 2.98. The Labute approximate surface area is 128 Å². The molecule has 106 valence electrons. The highest BCUT2D eigenvalue weighted by Crippen LogP contribution is 2.24. The van der Waals surface area contributed by atoms with Gasteiger partial charge in [0.15, 0.2) is 0 Å². The van der Waals surface area contributed by atoms with Gasteiger partial charge >= 0.3 is 10.1 Å². The summed E-state index contributed by atoms with van der Waals surface area (Å²) in [5.41, 5.74) is 1.55. The Morgan fingerprint density at radius 2 is 1.65 bits per heavy atom. The van der Waals surface area contributed by atoms with Crippen LogP contribution in [0.5, 0.6) is 5.75 Å². The molecule has 0 amide bonds. The summed E-state index contributed by atoms with van der Waals surface area (Å²) in [6.45, 7) is 1.91. The molecule has 0 saturated heterocycles. The molecule has 0 aliphatic heterocycles. The zero-order chi connectivity index (χ0) is 14.8. The normalized spacial score (nSPS) is 11.3. The molecule has 2 aromatic carbocycles. The number of hydrogen-bond acceptors (Lipinski definition) is 3. The summed E-state index contributed by atoms with van der Waals surface area (Å²) in [6.07, 6.45) is 0. The smallest absolute Gasteiger partial charge is 0.313 e. The van der Waals surface area contributed by atoms with Crippen molar-refractivity contribution >= 4 is 33.3 Å². The second-order valence-electron chi connectivity index (χ2n) is 4.35. The maximum atomic E-state index is 12.0. The van der Waals surface area contributed by atoms with Crippen molar-refractivity contribution in [3.8, 4) is 5.75 Å². The van der Waals surface area contributed by atoms with Crippen LogP contribution < -0.4 is 4.18 Å². The second-order valence-corrected chi connectivity index (χ2v) is 6.73. The summed E-state index contributed by atoms with van der Waals surface area (Å²) in [5.74, 6) is 0.0215. The van der Waals surface area contributed by atoms with Gasteiger partial charge in [0.25, 0.3) is 0 Å². The van der Waals surface area contributed by atoms with E-state index in [0.717, 1.165) is 5.56 Å². The van der Waals surface area contributed by atoms with Crippen molar-refractivity contribution in [3.63, 3.8) is 0 Å². The molecule has 0 bridgehead atoms. The number of rotatable bonds is 4. The molecule has 0 unspecified atom stereocenters. The third-order valence-electron chi connectivity index (χ3n) is 2.57. The molecule has 0 aliphatic carbocycles. The lowest BCUT2D eigenvalue weighted by molar-refractivity contribution is 0.485. The molecular formula is C14H12Cl2O3S. The number of aryl methyl sites for hydroxylation is 1. The van der Waals surface area contributed by atoms with E-state index >= 15 is 0 Å². The van der Waals surface area contributed by atoms with Gasteiger partial charge < -0.3 is 4.18 Å². The van der Waals surface area contributed by atoms with Crippen molar-refractivity contribution in [2.24, 2.45) is 0 Å². The summed E-state index contributed by atoms with van der Waals surface area (Å²) >= 11 is 11.6. The van der Waals surface area contributed by atoms with Crippen LogP contribution in [0.2, 0.25) is 10.0 Å². The van der Waals surface area contributed by atoms with Crippen LogP contribution in [0, 0.1) is 6.92 Å². The highest BCUT2D eigenvalue weighted by Gasteiger charge is 2.15. The summed E-state index contributed by atoms with van der Waals surface area (Å²) in [7, 11) is -3.73. The van der Waals surface area contributed by atoms with Crippen molar-refractivity contribution in [3.05, 3.63) is 63.6 Å². The predicted molar refractivity (Wildman–Crippen MR) is 80.9 cm³/mol. The quantitative estimate of drug-likeness (QED) is 0.788. The van der Waals surface area contributed by atoms with Crippen LogP contribution in [0.4, 0.5) is 0 Å². The third-order valence-corrected chi connectivity index (χ3v) is 4.44. The van der Waals surface area contributed by atoms with Crippen LogP contribution in [-0.2, 0) is 15.9 Å². The minimum Gasteiger partial charge on any atom is -0.382 e. The van der Waals surface area contributed by atoms with Gasteiger partial charge in [0, 0.05) is 0 Å². The molecule has 0 radical (unpaired) electrons. The van der Waals surface area contributed by atoms with Crippen LogP contribution in [0.3, 0.4) is 0 Å². The average molecular weight is 331 g/mol. The molecule has 3 nitrogen and oxygen atoms in total. The lowest BCUT2D eigenvalue weighted by atomic mass is 10.2. The average Bonchev–Trinajstić information content (AvgIpc) is 2.36. The summed E-state index contributed by atoms with van der Waals surface area (Å²) in [6, 6.07) is 11.5. The summed E-state index contributed by atoms with van der Waals surface area (Å²) in [4.78, 5) is 0. The fraction of sp³-hybridized carbons (Fsp3) is 0.143. The minimum atomic E-state index is -3.73. The van der Waals surface area contributed by atoms with E-state index in [9.17, 15) is 8.42 Å². The zero-order valence-corrected chi connectivity index (χ0v) is 13.0. The standard InChI is InChI=1S/C14H12Cl2O3S/c1-10-2-5-12(6-3-10)19-20(17,18)9-11-4-7-13(15)14(16)8-11/h2-8H,9H2,1H3. The van der Waals surface area contributed by atoms with Crippen LogP contribution in [0.1, 0.15) is 11.1 Å². The van der Waals surface area contributed by atoms with Crippen LogP contribution >= 0.6 is 23.2 Å². The highest BCUT2D eigenvalue weighted by atomic mass is 35.5. The Balaban J connectivity index is 2.14. The first-order valence-corrected chi connectivity index (χ1v) is 8.12. The van der Waals surface area contributed by atoms with Crippen molar-refractivity contribution < 1.29 is 12.6 Å². The van der Waals surface area contributed by atoms with E-state index in [2.05, 4.69) is 0 Å². The molecule has 0 aliphatic rings. The van der Waals surface area contributed by atoms with Gasteiger partial charge in [-0.1, -0.05) is 47.0 Å². The lowest BCUT2D eigenvalue weighted by Gasteiger charge is -2.08. The van der Waals surface area contributed by atoms with Crippen LogP contribution in [0.15, 0.2) is 42.5 Å². The largest absolute Gasteiger partial charge is 0.382 e. The third kappa shape index (κ3) is 4.13. The Kier molecular flexibility index (Phi) is 4.58. The molecule has 0 saturated carbocycles. The topological polar surface area (TPSA) is 43.4 Å². The van der Waals surface area contributed by atoms with Gasteiger partial charge in [-0.25, -0.2) is 0 Å². The second kappa shape index (κ2) is 6.04. The van der Waals surface area contributed by atoms with E-state index in [1.165, 1.54) is 6.07 Å². The van der Waals surface area contributed by atoms with E-state index < -0.39 is 10.1 Å². The van der Waals surface area contributed by atoms with Gasteiger partial charge in [0.2, 0.25) is 0 Å². The molecule has 6 heteroatoms.